The van der Waals surface area contributed by atoms with E-state index in [0.717, 1.165) is 39.0 Å². The minimum absolute atomic E-state index is 0.156. The van der Waals surface area contributed by atoms with Crippen LogP contribution >= 0.6 is 34.3 Å². The molecular weight excluding hydrogens is 500 g/mol. The number of nitrogens with one attached hydrogen (secondary N) is 1. The summed E-state index contributed by atoms with van der Waals surface area (Å²) in [6, 6.07) is 10.1. The third kappa shape index (κ3) is 5.38. The highest BCUT2D eigenvalue weighted by atomic mass is 35.5. The normalized spacial score (nSPS) is 11.0. The summed E-state index contributed by atoms with van der Waals surface area (Å²) < 4.78 is 27.9. The van der Waals surface area contributed by atoms with Crippen molar-refractivity contribution in [3.8, 4) is 10.6 Å². The maximum Gasteiger partial charge on any atom is 0.268 e. The second-order valence-electron chi connectivity index (χ2n) is 7.49. The van der Waals surface area contributed by atoms with E-state index < -0.39 is 23.8 Å². The van der Waals surface area contributed by atoms with Gasteiger partial charge in [-0.1, -0.05) is 17.7 Å². The largest absolute Gasteiger partial charge is 0.321 e. The van der Waals surface area contributed by atoms with Crippen molar-refractivity contribution in [3.05, 3.63) is 85.3 Å². The molecule has 5 nitrogen and oxygen atoms in total. The van der Waals surface area contributed by atoms with E-state index in [2.05, 4.69) is 15.3 Å². The molecule has 0 bridgehead atoms. The van der Waals surface area contributed by atoms with E-state index in [4.69, 9.17) is 11.6 Å². The minimum atomic E-state index is -0.771. The molecule has 34 heavy (non-hydrogen) atoms. The third-order valence-corrected chi connectivity index (χ3v) is 7.27. The number of aromatic nitrogens is 2. The van der Waals surface area contributed by atoms with E-state index in [1.54, 1.807) is 24.3 Å². The molecule has 2 aromatic carbocycles. The number of anilines is 1. The predicted octanol–water partition coefficient (Wildman–Crippen LogP) is 6.42. The summed E-state index contributed by atoms with van der Waals surface area (Å²) in [6.45, 7) is 3.68. The van der Waals surface area contributed by atoms with E-state index in [1.165, 1.54) is 17.4 Å². The van der Waals surface area contributed by atoms with Gasteiger partial charge in [0.1, 0.15) is 33.0 Å². The fraction of sp³-hybridized carbons (Fsp3) is 0.167. The lowest BCUT2D eigenvalue weighted by atomic mass is 10.1. The smallest absolute Gasteiger partial charge is 0.268 e. The van der Waals surface area contributed by atoms with Crippen LogP contribution in [0.15, 0.2) is 42.5 Å². The number of carbonyl (C=O) groups is 2. The molecule has 0 unspecified atom stereocenters. The summed E-state index contributed by atoms with van der Waals surface area (Å²) in [5.41, 5.74) is 1.43. The van der Waals surface area contributed by atoms with Crippen LogP contribution in [0.5, 0.6) is 0 Å². The van der Waals surface area contributed by atoms with Gasteiger partial charge < -0.3 is 5.32 Å². The van der Waals surface area contributed by atoms with Crippen LogP contribution in [0.4, 0.5) is 14.5 Å². The van der Waals surface area contributed by atoms with Gasteiger partial charge in [-0.2, -0.15) is 0 Å². The van der Waals surface area contributed by atoms with Crippen molar-refractivity contribution < 1.29 is 18.4 Å². The number of halogens is 3. The van der Waals surface area contributed by atoms with Gasteiger partial charge in [0, 0.05) is 22.7 Å². The van der Waals surface area contributed by atoms with Crippen molar-refractivity contribution in [1.29, 1.82) is 0 Å². The Labute approximate surface area is 207 Å². The van der Waals surface area contributed by atoms with Gasteiger partial charge in [0.15, 0.2) is 0 Å². The quantitative estimate of drug-likeness (QED) is 0.307. The first kappa shape index (κ1) is 24.1. The van der Waals surface area contributed by atoms with Crippen molar-refractivity contribution in [2.24, 2.45) is 0 Å². The molecule has 0 aliphatic carbocycles. The Hall–Kier alpha value is -3.01. The number of amides is 1. The number of hydrogen-bond acceptors (Lipinski definition) is 6. The Kier molecular flexibility index (Phi) is 7.16. The maximum absolute atomic E-state index is 14.0. The van der Waals surface area contributed by atoms with Crippen LogP contribution in [-0.2, 0) is 17.6 Å². The van der Waals surface area contributed by atoms with Gasteiger partial charge in [-0.3, -0.25) is 9.59 Å². The average Bonchev–Trinajstić information content (AvgIpc) is 3.34. The molecule has 0 aliphatic rings. The van der Waals surface area contributed by atoms with Crippen LogP contribution in [0.3, 0.4) is 0 Å². The highest BCUT2D eigenvalue weighted by Gasteiger charge is 2.24. The molecule has 4 aromatic rings. The molecule has 4 rings (SSSR count). The lowest BCUT2D eigenvalue weighted by molar-refractivity contribution is -0.117. The number of carbonyl (C=O) groups excluding carboxylic acids is 2. The fourth-order valence-corrected chi connectivity index (χ4v) is 5.45. The molecule has 0 saturated carbocycles. The van der Waals surface area contributed by atoms with E-state index in [0.29, 0.717) is 26.3 Å². The number of nitrogens with zero attached hydrogens (tertiary/aromatic N) is 2. The van der Waals surface area contributed by atoms with Crippen LogP contribution < -0.4 is 5.32 Å². The van der Waals surface area contributed by atoms with Gasteiger partial charge in [-0.15, -0.1) is 22.7 Å². The predicted molar refractivity (Wildman–Crippen MR) is 131 cm³/mol. The summed E-state index contributed by atoms with van der Waals surface area (Å²) >= 11 is 8.38. The summed E-state index contributed by atoms with van der Waals surface area (Å²) in [7, 11) is 0. The van der Waals surface area contributed by atoms with E-state index in [9.17, 15) is 18.4 Å². The summed E-state index contributed by atoms with van der Waals surface area (Å²) in [5.74, 6) is -2.34. The number of thiazole rings is 2. The van der Waals surface area contributed by atoms with E-state index in [-0.39, 0.29) is 17.9 Å². The van der Waals surface area contributed by atoms with Gasteiger partial charge in [-0.25, -0.2) is 18.7 Å². The molecule has 0 fully saturated rings. The first-order valence-electron chi connectivity index (χ1n) is 10.2. The number of benzene rings is 2. The van der Waals surface area contributed by atoms with Crippen LogP contribution in [0.25, 0.3) is 10.6 Å². The highest BCUT2D eigenvalue weighted by molar-refractivity contribution is 7.17. The molecule has 1 amide bonds. The van der Waals surface area contributed by atoms with Crippen molar-refractivity contribution in [2.75, 3.05) is 5.32 Å². The van der Waals surface area contributed by atoms with Crippen LogP contribution in [0, 0.1) is 25.5 Å². The first-order chi connectivity index (χ1) is 16.2. The summed E-state index contributed by atoms with van der Waals surface area (Å²) in [5, 5.41) is 4.55. The Bertz CT molecular complexity index is 1360. The molecule has 2 heterocycles. The second kappa shape index (κ2) is 10.1. The van der Waals surface area contributed by atoms with Gasteiger partial charge in [0.05, 0.1) is 22.0 Å². The van der Waals surface area contributed by atoms with Crippen LogP contribution in [0.1, 0.15) is 30.9 Å². The maximum atomic E-state index is 14.0. The first-order valence-corrected chi connectivity index (χ1v) is 12.2. The topological polar surface area (TPSA) is 72.0 Å². The third-order valence-electron chi connectivity index (χ3n) is 4.88. The Balaban J connectivity index is 1.63. The lowest BCUT2D eigenvalue weighted by Crippen LogP contribution is -2.11. The standard InChI is InChI=1S/C24H18ClF2N3O2S2/c1-12-22(33-13(2)28-12)21-23(24(32)29-15-8-6-14(25)7-9-15)34-20(30-21)11-16(31)10-17-18(26)4-3-5-19(17)27/h3-9H,10-11H2,1-2H3,(H,29,32). The number of Topliss-reactive ketones (excluding diaryl/α,β-unsaturated/α-hetero) is 1. The fourth-order valence-electron chi connectivity index (χ4n) is 3.35. The Morgan fingerprint density at radius 3 is 2.26 bits per heavy atom. The highest BCUT2D eigenvalue weighted by Crippen LogP contribution is 2.35. The molecule has 0 atom stereocenters. The molecule has 2 aromatic heterocycles. The van der Waals surface area contributed by atoms with Crippen LogP contribution in [-0.4, -0.2) is 21.7 Å². The summed E-state index contributed by atoms with van der Waals surface area (Å²) in [4.78, 5) is 35.8. The minimum Gasteiger partial charge on any atom is -0.321 e. The van der Waals surface area contributed by atoms with Crippen molar-refractivity contribution in [2.45, 2.75) is 26.7 Å². The van der Waals surface area contributed by atoms with Gasteiger partial charge in [-0.05, 0) is 50.2 Å². The zero-order chi connectivity index (χ0) is 24.4. The molecule has 0 radical (unpaired) electrons. The van der Waals surface area contributed by atoms with Gasteiger partial charge >= 0.3 is 0 Å². The Morgan fingerprint density at radius 1 is 0.971 bits per heavy atom. The number of ketones is 1. The number of rotatable bonds is 7. The van der Waals surface area contributed by atoms with Gasteiger partial charge in [0.2, 0.25) is 0 Å². The molecule has 10 heteroatoms. The van der Waals surface area contributed by atoms with E-state index >= 15 is 0 Å². The van der Waals surface area contributed by atoms with Crippen molar-refractivity contribution in [3.63, 3.8) is 0 Å². The molecule has 174 valence electrons. The number of hydrogen-bond donors (Lipinski definition) is 1. The van der Waals surface area contributed by atoms with E-state index in [1.807, 2.05) is 13.8 Å². The van der Waals surface area contributed by atoms with Crippen molar-refractivity contribution >= 4 is 51.7 Å². The SMILES string of the molecule is Cc1nc(C)c(-c2nc(CC(=O)Cc3c(F)cccc3F)sc2C(=O)Nc2ccc(Cl)cc2)s1. The zero-order valence-corrected chi connectivity index (χ0v) is 20.5. The molecular formula is C24H18ClF2N3O2S2. The van der Waals surface area contributed by atoms with Crippen molar-refractivity contribution in [1.82, 2.24) is 9.97 Å². The molecule has 0 saturated heterocycles. The summed E-state index contributed by atoms with van der Waals surface area (Å²) in [6.07, 6.45) is -0.561. The monoisotopic (exact) mass is 517 g/mol. The Morgan fingerprint density at radius 2 is 1.65 bits per heavy atom. The lowest BCUT2D eigenvalue weighted by Gasteiger charge is -2.05. The second-order valence-corrected chi connectivity index (χ2v) is 10.2. The van der Waals surface area contributed by atoms with Crippen LogP contribution in [0.2, 0.25) is 5.02 Å². The molecule has 0 aliphatic heterocycles. The molecule has 0 spiro atoms. The zero-order valence-electron chi connectivity index (χ0n) is 18.1. The van der Waals surface area contributed by atoms with Gasteiger partial charge in [0.25, 0.3) is 5.91 Å². The molecule has 1 N–H and O–H groups in total. The number of aryl methyl sites for hydroxylation is 2. The average molecular weight is 518 g/mol.